The molecular weight excluding hydrogens is 254 g/mol. The van der Waals surface area contributed by atoms with Crippen LogP contribution in [0.25, 0.3) is 0 Å². The maximum absolute atomic E-state index is 11.7. The molecule has 5 nitrogen and oxygen atoms in total. The van der Waals surface area contributed by atoms with Gasteiger partial charge in [-0.1, -0.05) is 25.1 Å². The van der Waals surface area contributed by atoms with E-state index in [1.807, 2.05) is 37.3 Å². The number of ether oxygens (including phenoxy) is 1. The van der Waals surface area contributed by atoms with Crippen molar-refractivity contribution < 1.29 is 9.53 Å². The van der Waals surface area contributed by atoms with E-state index in [0.717, 1.165) is 17.7 Å². The number of amides is 1. The largest absolute Gasteiger partial charge is 0.383 e. The van der Waals surface area contributed by atoms with Crippen LogP contribution in [0.4, 0.5) is 5.69 Å². The number of carbonyl (C=O) groups is 1. The molecule has 0 spiro atoms. The fourth-order valence-electron chi connectivity index (χ4n) is 1.63. The summed E-state index contributed by atoms with van der Waals surface area (Å²) in [6.45, 7) is 2.84. The van der Waals surface area contributed by atoms with Crippen LogP contribution < -0.4 is 10.6 Å². The van der Waals surface area contributed by atoms with Crippen molar-refractivity contribution in [1.82, 2.24) is 5.32 Å². The summed E-state index contributed by atoms with van der Waals surface area (Å²) in [5, 5.41) is 14.6. The van der Waals surface area contributed by atoms with Crippen LogP contribution >= 0.6 is 0 Å². The fourth-order valence-corrected chi connectivity index (χ4v) is 1.63. The van der Waals surface area contributed by atoms with Gasteiger partial charge in [0, 0.05) is 25.5 Å². The van der Waals surface area contributed by atoms with Gasteiger partial charge in [0.1, 0.15) is 11.6 Å². The van der Waals surface area contributed by atoms with E-state index >= 15 is 0 Å². The Kier molecular flexibility index (Phi) is 6.87. The predicted octanol–water partition coefficient (Wildman–Crippen LogP) is 1.83. The van der Waals surface area contributed by atoms with E-state index in [4.69, 9.17) is 10.00 Å². The fraction of sp³-hybridized carbons (Fsp3) is 0.333. The highest BCUT2D eigenvalue weighted by Gasteiger charge is 2.08. The summed E-state index contributed by atoms with van der Waals surface area (Å²) in [4.78, 5) is 11.7. The first kappa shape index (κ1) is 15.7. The van der Waals surface area contributed by atoms with Crippen LogP contribution in [0.5, 0.6) is 0 Å². The molecule has 2 N–H and O–H groups in total. The first-order valence-corrected chi connectivity index (χ1v) is 6.44. The summed E-state index contributed by atoms with van der Waals surface area (Å²) in [7, 11) is 1.55. The number of nitrogens with zero attached hydrogens (tertiary/aromatic N) is 1. The van der Waals surface area contributed by atoms with Gasteiger partial charge in [0.05, 0.1) is 6.61 Å². The van der Waals surface area contributed by atoms with E-state index in [2.05, 4.69) is 10.6 Å². The Morgan fingerprint density at radius 3 is 2.85 bits per heavy atom. The van der Waals surface area contributed by atoms with E-state index in [1.165, 1.54) is 6.20 Å². The van der Waals surface area contributed by atoms with Crippen molar-refractivity contribution in [3.63, 3.8) is 0 Å². The molecule has 0 fully saturated rings. The number of carbonyl (C=O) groups excluding carboxylic acids is 1. The molecule has 1 rings (SSSR count). The SMILES string of the molecule is CCc1ccccc1N/C=C(/C#N)C(=O)NCCOC. The Morgan fingerprint density at radius 1 is 1.45 bits per heavy atom. The molecule has 0 unspecified atom stereocenters. The summed E-state index contributed by atoms with van der Waals surface area (Å²) in [5.74, 6) is -0.411. The molecule has 0 atom stereocenters. The number of para-hydroxylation sites is 1. The van der Waals surface area contributed by atoms with Crippen LogP contribution in [0.2, 0.25) is 0 Å². The van der Waals surface area contributed by atoms with Crippen molar-refractivity contribution >= 4 is 11.6 Å². The first-order chi connectivity index (χ1) is 9.72. The van der Waals surface area contributed by atoms with Gasteiger partial charge >= 0.3 is 0 Å². The molecule has 20 heavy (non-hydrogen) atoms. The monoisotopic (exact) mass is 273 g/mol. The summed E-state index contributed by atoms with van der Waals surface area (Å²) in [6.07, 6.45) is 2.30. The zero-order valence-corrected chi connectivity index (χ0v) is 11.8. The molecule has 5 heteroatoms. The molecule has 0 saturated carbocycles. The Labute approximate surface area is 119 Å². The van der Waals surface area contributed by atoms with Gasteiger partial charge in [-0.15, -0.1) is 0 Å². The lowest BCUT2D eigenvalue weighted by Crippen LogP contribution is -2.28. The number of anilines is 1. The summed E-state index contributed by atoms with van der Waals surface area (Å²) in [6, 6.07) is 9.65. The summed E-state index contributed by atoms with van der Waals surface area (Å²) in [5.41, 5.74) is 2.06. The van der Waals surface area contributed by atoms with E-state index in [-0.39, 0.29) is 5.57 Å². The molecule has 0 aromatic heterocycles. The number of aryl methyl sites for hydroxylation is 1. The van der Waals surface area contributed by atoms with Crippen LogP contribution in [-0.4, -0.2) is 26.2 Å². The van der Waals surface area contributed by atoms with E-state index in [9.17, 15) is 4.79 Å². The highest BCUT2D eigenvalue weighted by molar-refractivity contribution is 5.97. The van der Waals surface area contributed by atoms with Crippen LogP contribution in [-0.2, 0) is 16.0 Å². The quantitative estimate of drug-likeness (QED) is 0.451. The lowest BCUT2D eigenvalue weighted by atomic mass is 10.1. The molecule has 1 aromatic rings. The lowest BCUT2D eigenvalue weighted by molar-refractivity contribution is -0.117. The van der Waals surface area contributed by atoms with Crippen LogP contribution in [0, 0.1) is 11.3 Å². The lowest BCUT2D eigenvalue weighted by Gasteiger charge is -2.08. The maximum Gasteiger partial charge on any atom is 0.263 e. The van der Waals surface area contributed by atoms with Crippen molar-refractivity contribution in [2.24, 2.45) is 0 Å². The van der Waals surface area contributed by atoms with Gasteiger partial charge in [-0.25, -0.2) is 0 Å². The van der Waals surface area contributed by atoms with Crippen molar-refractivity contribution in [2.45, 2.75) is 13.3 Å². The normalized spacial score (nSPS) is 10.8. The van der Waals surface area contributed by atoms with Crippen molar-refractivity contribution in [3.8, 4) is 6.07 Å². The Morgan fingerprint density at radius 2 is 2.20 bits per heavy atom. The maximum atomic E-state index is 11.7. The van der Waals surface area contributed by atoms with Gasteiger partial charge in [-0.3, -0.25) is 4.79 Å². The Hall–Kier alpha value is -2.32. The topological polar surface area (TPSA) is 74.2 Å². The number of methoxy groups -OCH3 is 1. The molecule has 0 bridgehead atoms. The number of hydrogen-bond acceptors (Lipinski definition) is 4. The molecule has 0 radical (unpaired) electrons. The number of hydrogen-bond donors (Lipinski definition) is 2. The third-order valence-corrected chi connectivity index (χ3v) is 2.73. The molecule has 0 heterocycles. The Balaban J connectivity index is 2.70. The molecule has 0 aliphatic carbocycles. The second-order valence-corrected chi connectivity index (χ2v) is 4.07. The van der Waals surface area contributed by atoms with E-state index < -0.39 is 5.91 Å². The van der Waals surface area contributed by atoms with E-state index in [1.54, 1.807) is 7.11 Å². The molecular formula is C15H19N3O2. The van der Waals surface area contributed by atoms with Crippen LogP contribution in [0.15, 0.2) is 36.0 Å². The summed E-state index contributed by atoms with van der Waals surface area (Å²) >= 11 is 0. The van der Waals surface area contributed by atoms with Gasteiger partial charge in [0.15, 0.2) is 0 Å². The number of benzene rings is 1. The van der Waals surface area contributed by atoms with Crippen molar-refractivity contribution in [3.05, 3.63) is 41.6 Å². The third kappa shape index (κ3) is 4.75. The van der Waals surface area contributed by atoms with Gasteiger partial charge in [-0.05, 0) is 18.1 Å². The van der Waals surface area contributed by atoms with Gasteiger partial charge < -0.3 is 15.4 Å². The van der Waals surface area contributed by atoms with Crippen molar-refractivity contribution in [2.75, 3.05) is 25.6 Å². The number of nitriles is 1. The summed E-state index contributed by atoms with van der Waals surface area (Å²) < 4.78 is 4.83. The Bertz CT molecular complexity index is 518. The smallest absolute Gasteiger partial charge is 0.263 e. The minimum absolute atomic E-state index is 0.0343. The highest BCUT2D eigenvalue weighted by Crippen LogP contribution is 2.15. The predicted molar refractivity (Wildman–Crippen MR) is 78.0 cm³/mol. The first-order valence-electron chi connectivity index (χ1n) is 6.44. The second kappa shape index (κ2) is 8.73. The molecule has 0 aliphatic heterocycles. The molecule has 0 saturated heterocycles. The molecule has 1 amide bonds. The third-order valence-electron chi connectivity index (χ3n) is 2.73. The highest BCUT2D eigenvalue weighted by atomic mass is 16.5. The zero-order valence-electron chi connectivity index (χ0n) is 11.8. The van der Waals surface area contributed by atoms with Gasteiger partial charge in [0.2, 0.25) is 0 Å². The molecule has 106 valence electrons. The number of nitrogens with one attached hydrogen (secondary N) is 2. The van der Waals surface area contributed by atoms with Gasteiger partial charge in [0.25, 0.3) is 5.91 Å². The average Bonchev–Trinajstić information content (AvgIpc) is 2.48. The zero-order chi connectivity index (χ0) is 14.8. The second-order valence-electron chi connectivity index (χ2n) is 4.07. The van der Waals surface area contributed by atoms with Gasteiger partial charge in [-0.2, -0.15) is 5.26 Å². The average molecular weight is 273 g/mol. The van der Waals surface area contributed by atoms with Crippen LogP contribution in [0.3, 0.4) is 0 Å². The molecule has 0 aliphatic rings. The number of rotatable bonds is 7. The van der Waals surface area contributed by atoms with Crippen LogP contribution in [0.1, 0.15) is 12.5 Å². The minimum atomic E-state index is -0.411. The molecule has 1 aromatic carbocycles. The van der Waals surface area contributed by atoms with E-state index in [0.29, 0.717) is 13.2 Å². The van der Waals surface area contributed by atoms with Crippen molar-refractivity contribution in [1.29, 1.82) is 5.26 Å². The standard InChI is InChI=1S/C15H19N3O2/c1-3-12-6-4-5-7-14(12)18-11-13(10-16)15(19)17-8-9-20-2/h4-7,11,18H,3,8-9H2,1-2H3,(H,17,19)/b13-11-. The minimum Gasteiger partial charge on any atom is -0.383 e.